The van der Waals surface area contributed by atoms with Gasteiger partial charge in [0, 0.05) is 17.5 Å². The van der Waals surface area contributed by atoms with Gasteiger partial charge in [0.15, 0.2) is 0 Å². The van der Waals surface area contributed by atoms with Crippen LogP contribution in [0.15, 0.2) is 127 Å². The van der Waals surface area contributed by atoms with Crippen molar-refractivity contribution in [3.8, 4) is 64.5 Å². The van der Waals surface area contributed by atoms with Gasteiger partial charge in [0.05, 0.1) is 22.3 Å². The molecule has 0 heterocycles. The normalized spacial score (nSPS) is 10.4. The van der Waals surface area contributed by atoms with E-state index in [1.807, 2.05) is 54.6 Å². The Labute approximate surface area is 280 Å². The average Bonchev–Trinajstić information content (AvgIpc) is 3.12. The third-order valence-corrected chi connectivity index (χ3v) is 8.23. The maximum Gasteiger partial charge on any atom is 0.647 e. The first-order valence-electron chi connectivity index (χ1n) is 14.5. The molecule has 0 spiro atoms. The van der Waals surface area contributed by atoms with Gasteiger partial charge in [-0.1, -0.05) is 48.5 Å². The maximum absolute atomic E-state index is 14.5. The van der Waals surface area contributed by atoms with Crippen LogP contribution in [0.25, 0.3) is 10.8 Å². The van der Waals surface area contributed by atoms with Crippen LogP contribution in [0.4, 0.5) is 0 Å². The minimum absolute atomic E-state index is 0.0873. The summed E-state index contributed by atoms with van der Waals surface area (Å²) in [5.41, 5.74) is 0.747. The van der Waals surface area contributed by atoms with Crippen molar-refractivity contribution in [3.05, 3.63) is 150 Å². The summed E-state index contributed by atoms with van der Waals surface area (Å²) in [6.45, 7) is 0. The van der Waals surface area contributed by atoms with Gasteiger partial charge in [0.2, 0.25) is 0 Å². The Balaban J connectivity index is 1.31. The number of nitriles is 4. The summed E-state index contributed by atoms with van der Waals surface area (Å²) in [6.07, 6.45) is 0. The molecule has 0 N–H and O–H groups in total. The second-order valence-electron chi connectivity index (χ2n) is 10.2. The van der Waals surface area contributed by atoms with Crippen LogP contribution in [0.3, 0.4) is 0 Å². The highest BCUT2D eigenvalue weighted by Crippen LogP contribution is 2.51. The lowest BCUT2D eigenvalue weighted by molar-refractivity contribution is 0.299. The van der Waals surface area contributed by atoms with Gasteiger partial charge in [-0.2, -0.15) is 25.6 Å². The Morgan fingerprint density at radius 1 is 0.429 bits per heavy atom. The summed E-state index contributed by atoms with van der Waals surface area (Å²) in [5, 5.41) is 38.7. The van der Waals surface area contributed by atoms with E-state index in [0.717, 1.165) is 5.39 Å². The molecule has 6 aromatic rings. The average molecular weight is 661 g/mol. The van der Waals surface area contributed by atoms with E-state index in [0.29, 0.717) is 16.9 Å². The minimum atomic E-state index is -4.51. The Morgan fingerprint density at radius 3 is 1.41 bits per heavy atom. The van der Waals surface area contributed by atoms with Gasteiger partial charge in [-0.05, 0) is 72.1 Å². The van der Waals surface area contributed by atoms with Crippen LogP contribution in [-0.4, -0.2) is 0 Å². The van der Waals surface area contributed by atoms with Crippen molar-refractivity contribution in [2.24, 2.45) is 0 Å². The molecule has 234 valence electrons. The highest BCUT2D eigenvalue weighted by atomic mass is 31.2. The van der Waals surface area contributed by atoms with E-state index in [-0.39, 0.29) is 51.0 Å². The van der Waals surface area contributed by atoms with E-state index in [2.05, 4.69) is 0 Å². The topological polar surface area (TPSA) is 158 Å². The Kier molecular flexibility index (Phi) is 9.09. The van der Waals surface area contributed by atoms with E-state index in [1.54, 1.807) is 60.7 Å². The van der Waals surface area contributed by atoms with Crippen LogP contribution < -0.4 is 23.0 Å². The van der Waals surface area contributed by atoms with Gasteiger partial charge in [-0.25, -0.2) is 0 Å². The van der Waals surface area contributed by atoms with E-state index >= 15 is 0 Å². The fraction of sp³-hybridized carbons (Fsp3) is 0. The van der Waals surface area contributed by atoms with E-state index < -0.39 is 7.82 Å². The van der Waals surface area contributed by atoms with E-state index in [1.165, 1.54) is 36.4 Å². The third-order valence-electron chi connectivity index (χ3n) is 6.94. The summed E-state index contributed by atoms with van der Waals surface area (Å²) >= 11 is 0. The Hall–Kier alpha value is -7.23. The smallest absolute Gasteiger partial charge is 0.457 e. The van der Waals surface area contributed by atoms with Crippen molar-refractivity contribution in [1.82, 2.24) is 0 Å². The fourth-order valence-corrected chi connectivity index (χ4v) is 5.98. The second-order valence-corrected chi connectivity index (χ2v) is 11.7. The van der Waals surface area contributed by atoms with Crippen molar-refractivity contribution in [3.63, 3.8) is 0 Å². The van der Waals surface area contributed by atoms with Crippen molar-refractivity contribution in [1.29, 1.82) is 21.0 Å². The molecule has 0 saturated carbocycles. The summed E-state index contributed by atoms with van der Waals surface area (Å²) < 4.78 is 44.3. The fourth-order valence-electron chi connectivity index (χ4n) is 4.72. The number of hydrogen-bond acceptors (Lipinski definition) is 10. The molecule has 0 aliphatic carbocycles. The lowest BCUT2D eigenvalue weighted by Crippen LogP contribution is -2.08. The van der Waals surface area contributed by atoms with Crippen LogP contribution in [-0.2, 0) is 4.57 Å². The van der Waals surface area contributed by atoms with E-state index in [4.69, 9.17) is 23.0 Å². The summed E-state index contributed by atoms with van der Waals surface area (Å²) in [6, 6.07) is 42.1. The number of fused-ring (bicyclic) bond motifs is 1. The van der Waals surface area contributed by atoms with Gasteiger partial charge in [0.25, 0.3) is 0 Å². The molecule has 0 amide bonds. The SMILES string of the molecule is N#Cc1ccc(Oc2cccc(OP(=O)(Oc3cccc(Oc4ccc(C#N)c(C#N)c4)c3)Oc3cccc4ccccc34)c2)cc1C#N. The molecule has 0 radical (unpaired) electrons. The molecule has 0 fully saturated rings. The quantitative estimate of drug-likeness (QED) is 0.129. The molecule has 0 atom stereocenters. The molecular weight excluding hydrogens is 639 g/mol. The third kappa shape index (κ3) is 7.44. The number of benzene rings is 6. The molecule has 10 nitrogen and oxygen atoms in total. The first-order chi connectivity index (χ1) is 23.9. The van der Waals surface area contributed by atoms with Gasteiger partial charge in [-0.3, -0.25) is 0 Å². The number of hydrogen-bond donors (Lipinski definition) is 0. The summed E-state index contributed by atoms with van der Waals surface area (Å²) in [5.74, 6) is 1.62. The standard InChI is InChI=1S/C38H21N4O6P/c39-22-27-14-16-33(18-29(27)24-41)44-31-8-4-10-35(20-31)46-49(43,48-38-13-3-7-26-6-1-2-12-37(26)38)47-36-11-5-9-32(21-36)45-34-17-15-28(23-40)30(19-34)25-42/h1-21H. The van der Waals surface area contributed by atoms with Crippen LogP contribution in [0.2, 0.25) is 0 Å². The molecule has 0 saturated heterocycles. The first-order valence-corrected chi connectivity index (χ1v) is 16.0. The predicted molar refractivity (Wildman–Crippen MR) is 178 cm³/mol. The zero-order valence-corrected chi connectivity index (χ0v) is 26.2. The van der Waals surface area contributed by atoms with Crippen LogP contribution >= 0.6 is 7.82 Å². The molecule has 0 aromatic heterocycles. The molecule has 0 aliphatic rings. The van der Waals surface area contributed by atoms with Crippen LogP contribution in [0.1, 0.15) is 22.3 Å². The van der Waals surface area contributed by atoms with Gasteiger partial charge in [0.1, 0.15) is 64.5 Å². The monoisotopic (exact) mass is 660 g/mol. The van der Waals surface area contributed by atoms with Crippen molar-refractivity contribution in [2.75, 3.05) is 0 Å². The molecule has 49 heavy (non-hydrogen) atoms. The van der Waals surface area contributed by atoms with Crippen LogP contribution in [0, 0.1) is 45.3 Å². The molecule has 6 rings (SSSR count). The molecular formula is C38H21N4O6P. The highest BCUT2D eigenvalue weighted by molar-refractivity contribution is 7.49. The lowest BCUT2D eigenvalue weighted by atomic mass is 10.1. The number of ether oxygens (including phenoxy) is 2. The molecule has 0 bridgehead atoms. The number of phosphoric acid groups is 1. The van der Waals surface area contributed by atoms with Crippen molar-refractivity contribution >= 4 is 18.6 Å². The number of rotatable bonds is 10. The van der Waals surface area contributed by atoms with Gasteiger partial charge in [-0.15, -0.1) is 0 Å². The van der Waals surface area contributed by atoms with Crippen molar-refractivity contribution in [2.45, 2.75) is 0 Å². The Morgan fingerprint density at radius 2 is 0.878 bits per heavy atom. The first kappa shape index (κ1) is 31.7. The minimum Gasteiger partial charge on any atom is -0.457 e. The largest absolute Gasteiger partial charge is 0.647 e. The number of nitrogens with zero attached hydrogens (tertiary/aromatic N) is 4. The summed E-state index contributed by atoms with van der Waals surface area (Å²) in [7, 11) is -4.51. The molecule has 0 unspecified atom stereocenters. The summed E-state index contributed by atoms with van der Waals surface area (Å²) in [4.78, 5) is 0. The second kappa shape index (κ2) is 14.0. The lowest BCUT2D eigenvalue weighted by Gasteiger charge is -2.21. The zero-order valence-electron chi connectivity index (χ0n) is 25.3. The van der Waals surface area contributed by atoms with Gasteiger partial charge < -0.3 is 23.0 Å². The number of phosphoric ester groups is 1. The molecule has 0 aliphatic heterocycles. The Bertz CT molecular complexity index is 2310. The zero-order chi connectivity index (χ0) is 34.2. The molecule has 6 aromatic carbocycles. The maximum atomic E-state index is 14.5. The molecule has 11 heteroatoms. The van der Waals surface area contributed by atoms with Crippen molar-refractivity contribution < 1.29 is 27.6 Å². The highest BCUT2D eigenvalue weighted by Gasteiger charge is 2.34. The van der Waals surface area contributed by atoms with Gasteiger partial charge >= 0.3 is 7.82 Å². The van der Waals surface area contributed by atoms with E-state index in [9.17, 15) is 25.6 Å². The van der Waals surface area contributed by atoms with Crippen LogP contribution in [0.5, 0.6) is 40.2 Å². The predicted octanol–water partition coefficient (Wildman–Crippen LogP) is 9.56.